The smallest absolute Gasteiger partial charge is 0.307 e. The summed E-state index contributed by atoms with van der Waals surface area (Å²) in [4.78, 5) is 11.1. The van der Waals surface area contributed by atoms with Gasteiger partial charge in [0.05, 0.1) is 25.2 Å². The molecular weight excluding hydrogens is 182 g/mol. The van der Waals surface area contributed by atoms with Crippen LogP contribution in [0.15, 0.2) is 0 Å². The Morgan fingerprint density at radius 2 is 2.36 bits per heavy atom. The Hall–Kier alpha value is -0.610. The van der Waals surface area contributed by atoms with E-state index >= 15 is 0 Å². The maximum Gasteiger partial charge on any atom is 0.307 e. The van der Waals surface area contributed by atoms with E-state index < -0.39 is 0 Å². The van der Waals surface area contributed by atoms with Crippen LogP contribution < -0.4 is 5.73 Å². The van der Waals surface area contributed by atoms with Gasteiger partial charge >= 0.3 is 5.97 Å². The molecule has 14 heavy (non-hydrogen) atoms. The number of nitrogens with two attached hydrogens (primary N) is 1. The predicted molar refractivity (Wildman–Crippen MR) is 52.8 cm³/mol. The second-order valence-electron chi connectivity index (χ2n) is 3.74. The average Bonchev–Trinajstić information content (AvgIpc) is 2.52. The summed E-state index contributed by atoms with van der Waals surface area (Å²) in [5, 5.41) is 0. The fraction of sp³-hybridized carbons (Fsp3) is 0.900. The number of carbonyl (C=O) groups is 1. The third-order valence-corrected chi connectivity index (χ3v) is 2.45. The zero-order valence-corrected chi connectivity index (χ0v) is 8.86. The minimum atomic E-state index is -0.233. The van der Waals surface area contributed by atoms with E-state index in [-0.39, 0.29) is 30.6 Å². The Kier molecular flexibility index (Phi) is 4.35. The molecule has 2 unspecified atom stereocenters. The lowest BCUT2D eigenvalue weighted by Gasteiger charge is -2.18. The molecule has 4 nitrogen and oxygen atoms in total. The molecule has 1 rings (SSSR count). The molecule has 82 valence electrons. The molecule has 0 amide bonds. The Morgan fingerprint density at radius 3 is 2.86 bits per heavy atom. The summed E-state index contributed by atoms with van der Waals surface area (Å²) in [7, 11) is 0. The molecule has 0 saturated carbocycles. The Balaban J connectivity index is 2.27. The normalized spacial score (nSPS) is 28.8. The van der Waals surface area contributed by atoms with Gasteiger partial charge in [-0.05, 0) is 26.7 Å². The van der Waals surface area contributed by atoms with Gasteiger partial charge in [-0.2, -0.15) is 0 Å². The lowest BCUT2D eigenvalue weighted by atomic mass is 10.1. The molecule has 0 aromatic rings. The number of hydrogen-bond acceptors (Lipinski definition) is 4. The first-order valence-corrected chi connectivity index (χ1v) is 5.20. The van der Waals surface area contributed by atoms with Crippen LogP contribution in [0.4, 0.5) is 0 Å². The van der Waals surface area contributed by atoms with Gasteiger partial charge in [0.25, 0.3) is 0 Å². The molecular formula is C10H19NO3. The number of esters is 1. The van der Waals surface area contributed by atoms with Gasteiger partial charge in [-0.25, -0.2) is 0 Å². The number of carbonyl (C=O) groups excluding carboxylic acids is 1. The van der Waals surface area contributed by atoms with E-state index in [1.54, 1.807) is 6.92 Å². The second-order valence-corrected chi connectivity index (χ2v) is 3.74. The molecule has 1 aliphatic heterocycles. The van der Waals surface area contributed by atoms with Gasteiger partial charge in [-0.3, -0.25) is 4.79 Å². The molecule has 0 aliphatic carbocycles. The largest absolute Gasteiger partial charge is 0.466 e. The Labute approximate surface area is 84.7 Å². The van der Waals surface area contributed by atoms with Crippen LogP contribution in [0.25, 0.3) is 0 Å². The minimum absolute atomic E-state index is 0.0226. The van der Waals surface area contributed by atoms with Gasteiger partial charge in [0.15, 0.2) is 0 Å². The molecule has 0 bridgehead atoms. The lowest BCUT2D eigenvalue weighted by molar-refractivity contribution is -0.144. The average molecular weight is 201 g/mol. The third-order valence-electron chi connectivity index (χ3n) is 2.45. The van der Waals surface area contributed by atoms with E-state index in [2.05, 4.69) is 0 Å². The maximum absolute atomic E-state index is 11.1. The van der Waals surface area contributed by atoms with Crippen molar-refractivity contribution in [1.29, 1.82) is 0 Å². The molecule has 1 heterocycles. The molecule has 1 fully saturated rings. The number of rotatable bonds is 4. The molecule has 0 radical (unpaired) electrons. The van der Waals surface area contributed by atoms with Gasteiger partial charge in [0, 0.05) is 6.04 Å². The summed E-state index contributed by atoms with van der Waals surface area (Å²) in [6.07, 6.45) is 2.52. The molecule has 0 spiro atoms. The zero-order valence-electron chi connectivity index (χ0n) is 8.86. The second kappa shape index (κ2) is 5.32. The van der Waals surface area contributed by atoms with Crippen LogP contribution in [0.3, 0.4) is 0 Å². The summed E-state index contributed by atoms with van der Waals surface area (Å²) in [6, 6.07) is -0.223. The fourth-order valence-electron chi connectivity index (χ4n) is 1.69. The summed E-state index contributed by atoms with van der Waals surface area (Å²) >= 11 is 0. The van der Waals surface area contributed by atoms with Crippen LogP contribution >= 0.6 is 0 Å². The Morgan fingerprint density at radius 1 is 1.64 bits per heavy atom. The van der Waals surface area contributed by atoms with Crippen LogP contribution in [0, 0.1) is 0 Å². The van der Waals surface area contributed by atoms with Gasteiger partial charge < -0.3 is 15.2 Å². The van der Waals surface area contributed by atoms with Crippen LogP contribution in [-0.4, -0.2) is 30.8 Å². The predicted octanol–water partition coefficient (Wildman–Crippen LogP) is 0.834. The lowest BCUT2D eigenvalue weighted by Crippen LogP contribution is -2.37. The highest BCUT2D eigenvalue weighted by atomic mass is 16.5. The third kappa shape index (κ3) is 3.27. The quantitative estimate of drug-likeness (QED) is 0.684. The summed E-state index contributed by atoms with van der Waals surface area (Å²) < 4.78 is 10.4. The van der Waals surface area contributed by atoms with Gasteiger partial charge in [0.2, 0.25) is 0 Å². The SMILES string of the molecule is CCOC(=O)C[C@H](N)C1CCC(C)O1. The van der Waals surface area contributed by atoms with Crippen molar-refractivity contribution in [2.75, 3.05) is 6.61 Å². The number of hydrogen-bond donors (Lipinski definition) is 1. The molecule has 1 aliphatic rings. The van der Waals surface area contributed by atoms with Crippen molar-refractivity contribution in [2.24, 2.45) is 5.73 Å². The van der Waals surface area contributed by atoms with Crippen molar-refractivity contribution in [1.82, 2.24) is 0 Å². The van der Waals surface area contributed by atoms with E-state index in [1.807, 2.05) is 6.92 Å². The van der Waals surface area contributed by atoms with Crippen molar-refractivity contribution < 1.29 is 14.3 Å². The van der Waals surface area contributed by atoms with E-state index in [4.69, 9.17) is 15.2 Å². The van der Waals surface area contributed by atoms with E-state index in [0.29, 0.717) is 6.61 Å². The van der Waals surface area contributed by atoms with E-state index in [9.17, 15) is 4.79 Å². The highest BCUT2D eigenvalue weighted by Gasteiger charge is 2.28. The van der Waals surface area contributed by atoms with Crippen LogP contribution in [0.1, 0.15) is 33.1 Å². The van der Waals surface area contributed by atoms with Crippen LogP contribution in [0.5, 0.6) is 0 Å². The highest BCUT2D eigenvalue weighted by molar-refractivity contribution is 5.70. The van der Waals surface area contributed by atoms with Crippen molar-refractivity contribution in [2.45, 2.75) is 51.4 Å². The molecule has 2 N–H and O–H groups in total. The summed E-state index contributed by atoms with van der Waals surface area (Å²) in [5.74, 6) is -0.233. The van der Waals surface area contributed by atoms with Gasteiger partial charge in [-0.15, -0.1) is 0 Å². The van der Waals surface area contributed by atoms with Gasteiger partial charge in [-0.1, -0.05) is 0 Å². The van der Waals surface area contributed by atoms with E-state index in [0.717, 1.165) is 12.8 Å². The van der Waals surface area contributed by atoms with Crippen molar-refractivity contribution in [3.63, 3.8) is 0 Å². The van der Waals surface area contributed by atoms with Crippen molar-refractivity contribution in [3.8, 4) is 0 Å². The maximum atomic E-state index is 11.1. The molecule has 4 heteroatoms. The minimum Gasteiger partial charge on any atom is -0.466 e. The molecule has 0 aromatic heterocycles. The first-order valence-electron chi connectivity index (χ1n) is 5.20. The van der Waals surface area contributed by atoms with Crippen molar-refractivity contribution in [3.05, 3.63) is 0 Å². The summed E-state index contributed by atoms with van der Waals surface area (Å²) in [5.41, 5.74) is 5.85. The topological polar surface area (TPSA) is 61.5 Å². The Bertz CT molecular complexity index is 196. The standard InChI is InChI=1S/C10H19NO3/c1-3-13-10(12)6-8(11)9-5-4-7(2)14-9/h7-9H,3-6,11H2,1-2H3/t7?,8-,9?/m0/s1. The highest BCUT2D eigenvalue weighted by Crippen LogP contribution is 2.22. The first-order chi connectivity index (χ1) is 6.63. The van der Waals surface area contributed by atoms with Gasteiger partial charge in [0.1, 0.15) is 0 Å². The monoisotopic (exact) mass is 201 g/mol. The summed E-state index contributed by atoms with van der Waals surface area (Å²) in [6.45, 7) is 4.22. The van der Waals surface area contributed by atoms with Crippen LogP contribution in [0.2, 0.25) is 0 Å². The zero-order chi connectivity index (χ0) is 10.6. The fourth-order valence-corrected chi connectivity index (χ4v) is 1.69. The molecule has 3 atom stereocenters. The van der Waals surface area contributed by atoms with E-state index in [1.165, 1.54) is 0 Å². The van der Waals surface area contributed by atoms with Crippen molar-refractivity contribution >= 4 is 5.97 Å². The first kappa shape index (κ1) is 11.5. The number of ether oxygens (including phenoxy) is 2. The molecule has 0 aromatic carbocycles. The van der Waals surface area contributed by atoms with Crippen LogP contribution in [-0.2, 0) is 14.3 Å². The molecule has 1 saturated heterocycles.